The standard InChI is InChI=1S/C13H18N2O3/c1-17-13(16)9-2-5-12(14-6-9)15-7-10-3-4-11(8-15)18-10/h2,6,10-12H,3-5,7-8H2,1H3. The summed E-state index contributed by atoms with van der Waals surface area (Å²) in [7, 11) is 1.39. The van der Waals surface area contributed by atoms with Gasteiger partial charge in [0.2, 0.25) is 0 Å². The molecule has 2 bridgehead atoms. The van der Waals surface area contributed by atoms with Crippen LogP contribution in [-0.2, 0) is 14.3 Å². The minimum absolute atomic E-state index is 0.158. The predicted octanol–water partition coefficient (Wildman–Crippen LogP) is 0.750. The second-order valence-corrected chi connectivity index (χ2v) is 5.06. The minimum atomic E-state index is -0.306. The third kappa shape index (κ3) is 2.20. The summed E-state index contributed by atoms with van der Waals surface area (Å²) in [5.74, 6) is -0.306. The van der Waals surface area contributed by atoms with Crippen LogP contribution >= 0.6 is 0 Å². The number of ether oxygens (including phenoxy) is 2. The molecule has 3 heterocycles. The Bertz CT molecular complexity index is 393. The van der Waals surface area contributed by atoms with Crippen LogP contribution in [0.15, 0.2) is 16.6 Å². The molecule has 98 valence electrons. The summed E-state index contributed by atoms with van der Waals surface area (Å²) in [6.45, 7) is 1.92. The highest BCUT2D eigenvalue weighted by molar-refractivity contribution is 6.09. The molecule has 0 spiro atoms. The number of fused-ring (bicyclic) bond motifs is 2. The summed E-state index contributed by atoms with van der Waals surface area (Å²) < 4.78 is 10.5. The molecule has 3 atom stereocenters. The lowest BCUT2D eigenvalue weighted by atomic mass is 10.1. The van der Waals surface area contributed by atoms with E-state index >= 15 is 0 Å². The number of morpholine rings is 1. The number of hydrogen-bond acceptors (Lipinski definition) is 5. The summed E-state index contributed by atoms with van der Waals surface area (Å²) in [5.41, 5.74) is 0.560. The van der Waals surface area contributed by atoms with Crippen LogP contribution in [-0.4, -0.2) is 55.7 Å². The maximum Gasteiger partial charge on any atom is 0.339 e. The van der Waals surface area contributed by atoms with Crippen molar-refractivity contribution in [3.05, 3.63) is 11.6 Å². The van der Waals surface area contributed by atoms with Gasteiger partial charge in [-0.2, -0.15) is 0 Å². The van der Waals surface area contributed by atoms with Crippen LogP contribution in [0.2, 0.25) is 0 Å². The molecule has 0 amide bonds. The molecule has 0 aliphatic carbocycles. The highest BCUT2D eigenvalue weighted by Crippen LogP contribution is 2.29. The molecule has 0 N–H and O–H groups in total. The first-order chi connectivity index (χ1) is 8.76. The lowest BCUT2D eigenvalue weighted by Crippen LogP contribution is -2.47. The molecule has 3 unspecified atom stereocenters. The molecule has 2 saturated heterocycles. The van der Waals surface area contributed by atoms with Gasteiger partial charge in [-0.25, -0.2) is 4.79 Å². The Kier molecular flexibility index (Phi) is 3.18. The van der Waals surface area contributed by atoms with Crippen molar-refractivity contribution < 1.29 is 14.3 Å². The van der Waals surface area contributed by atoms with Crippen molar-refractivity contribution in [2.24, 2.45) is 4.99 Å². The van der Waals surface area contributed by atoms with E-state index in [9.17, 15) is 4.79 Å². The Morgan fingerprint density at radius 2 is 2.17 bits per heavy atom. The molecule has 0 radical (unpaired) electrons. The van der Waals surface area contributed by atoms with Gasteiger partial charge in [0.25, 0.3) is 0 Å². The Balaban J connectivity index is 1.62. The Labute approximate surface area is 106 Å². The number of hydrogen-bond donors (Lipinski definition) is 0. The number of rotatable bonds is 2. The van der Waals surface area contributed by atoms with Gasteiger partial charge in [0.05, 0.1) is 24.9 Å². The van der Waals surface area contributed by atoms with Crippen molar-refractivity contribution in [1.82, 2.24) is 4.90 Å². The largest absolute Gasteiger partial charge is 0.465 e. The Hall–Kier alpha value is -1.20. The van der Waals surface area contributed by atoms with Crippen molar-refractivity contribution in [1.29, 1.82) is 0 Å². The molecule has 0 aromatic heterocycles. The molecule has 3 aliphatic heterocycles. The first kappa shape index (κ1) is 11.9. The first-order valence-corrected chi connectivity index (χ1v) is 6.47. The van der Waals surface area contributed by atoms with Gasteiger partial charge in [-0.1, -0.05) is 6.08 Å². The van der Waals surface area contributed by atoms with Crippen molar-refractivity contribution >= 4 is 12.2 Å². The van der Waals surface area contributed by atoms with E-state index in [1.807, 2.05) is 6.08 Å². The van der Waals surface area contributed by atoms with E-state index in [2.05, 4.69) is 14.6 Å². The average Bonchev–Trinajstić information content (AvgIpc) is 2.77. The molecule has 3 aliphatic rings. The summed E-state index contributed by atoms with van der Waals surface area (Å²) in [6, 6.07) is 0. The predicted molar refractivity (Wildman–Crippen MR) is 66.5 cm³/mol. The van der Waals surface area contributed by atoms with Gasteiger partial charge in [0.15, 0.2) is 0 Å². The summed E-state index contributed by atoms with van der Waals surface area (Å²) in [6.07, 6.45) is 7.58. The summed E-state index contributed by atoms with van der Waals surface area (Å²) in [5, 5.41) is 0. The number of carbonyl (C=O) groups is 1. The Morgan fingerprint density at radius 3 is 2.72 bits per heavy atom. The zero-order chi connectivity index (χ0) is 12.5. The molecule has 0 aromatic rings. The number of esters is 1. The lowest BCUT2D eigenvalue weighted by molar-refractivity contribution is -0.135. The second-order valence-electron chi connectivity index (χ2n) is 5.06. The SMILES string of the molecule is COC(=O)C1=CCC(N2CC3CCC(C2)O3)N=C1. The van der Waals surface area contributed by atoms with E-state index < -0.39 is 0 Å². The molecular weight excluding hydrogens is 232 g/mol. The highest BCUT2D eigenvalue weighted by atomic mass is 16.5. The zero-order valence-electron chi connectivity index (χ0n) is 10.5. The van der Waals surface area contributed by atoms with Crippen LogP contribution in [0.3, 0.4) is 0 Å². The summed E-state index contributed by atoms with van der Waals surface area (Å²) in [4.78, 5) is 18.2. The Morgan fingerprint density at radius 1 is 1.44 bits per heavy atom. The molecule has 5 nitrogen and oxygen atoms in total. The fraction of sp³-hybridized carbons (Fsp3) is 0.692. The molecule has 18 heavy (non-hydrogen) atoms. The van der Waals surface area contributed by atoms with Crippen molar-refractivity contribution in [2.75, 3.05) is 20.2 Å². The first-order valence-electron chi connectivity index (χ1n) is 6.47. The van der Waals surface area contributed by atoms with Crippen LogP contribution in [0.4, 0.5) is 0 Å². The van der Waals surface area contributed by atoms with Gasteiger partial charge in [0, 0.05) is 25.7 Å². The van der Waals surface area contributed by atoms with E-state index in [0.717, 1.165) is 19.5 Å². The van der Waals surface area contributed by atoms with Crippen LogP contribution in [0.25, 0.3) is 0 Å². The molecular formula is C13H18N2O3. The van der Waals surface area contributed by atoms with E-state index in [1.165, 1.54) is 20.0 Å². The second kappa shape index (κ2) is 4.82. The van der Waals surface area contributed by atoms with Crippen LogP contribution < -0.4 is 0 Å². The highest BCUT2D eigenvalue weighted by Gasteiger charge is 2.36. The molecule has 0 aromatic carbocycles. The van der Waals surface area contributed by atoms with Crippen LogP contribution in [0.1, 0.15) is 19.3 Å². The van der Waals surface area contributed by atoms with Crippen LogP contribution in [0, 0.1) is 0 Å². The van der Waals surface area contributed by atoms with Gasteiger partial charge >= 0.3 is 5.97 Å². The number of likely N-dealkylation sites (tertiary alicyclic amines) is 1. The maximum absolute atomic E-state index is 11.3. The normalized spacial score (nSPS) is 35.4. The molecule has 5 heteroatoms. The van der Waals surface area contributed by atoms with E-state index in [4.69, 9.17) is 4.74 Å². The molecule has 3 rings (SSSR count). The van der Waals surface area contributed by atoms with Crippen molar-refractivity contribution in [2.45, 2.75) is 37.6 Å². The smallest absolute Gasteiger partial charge is 0.339 e. The quantitative estimate of drug-likeness (QED) is 0.679. The third-order valence-corrected chi connectivity index (χ3v) is 3.85. The fourth-order valence-electron chi connectivity index (χ4n) is 2.90. The number of carbonyl (C=O) groups excluding carboxylic acids is 1. The lowest BCUT2D eigenvalue weighted by Gasteiger charge is -2.36. The van der Waals surface area contributed by atoms with Gasteiger partial charge < -0.3 is 9.47 Å². The van der Waals surface area contributed by atoms with E-state index in [0.29, 0.717) is 17.8 Å². The number of methoxy groups -OCH3 is 1. The third-order valence-electron chi connectivity index (χ3n) is 3.85. The molecule has 0 saturated carbocycles. The minimum Gasteiger partial charge on any atom is -0.465 e. The average molecular weight is 250 g/mol. The maximum atomic E-state index is 11.3. The summed E-state index contributed by atoms with van der Waals surface area (Å²) >= 11 is 0. The zero-order valence-corrected chi connectivity index (χ0v) is 10.5. The van der Waals surface area contributed by atoms with E-state index in [-0.39, 0.29) is 12.1 Å². The van der Waals surface area contributed by atoms with Gasteiger partial charge in [-0.3, -0.25) is 9.89 Å². The van der Waals surface area contributed by atoms with Gasteiger partial charge in [0.1, 0.15) is 6.17 Å². The topological polar surface area (TPSA) is 51.1 Å². The van der Waals surface area contributed by atoms with Gasteiger partial charge in [-0.15, -0.1) is 0 Å². The van der Waals surface area contributed by atoms with Crippen LogP contribution in [0.5, 0.6) is 0 Å². The van der Waals surface area contributed by atoms with E-state index in [1.54, 1.807) is 6.21 Å². The molecule has 2 fully saturated rings. The monoisotopic (exact) mass is 250 g/mol. The fourth-order valence-corrected chi connectivity index (χ4v) is 2.90. The van der Waals surface area contributed by atoms with Crippen molar-refractivity contribution in [3.8, 4) is 0 Å². The number of nitrogens with zero attached hydrogens (tertiary/aromatic N) is 2. The van der Waals surface area contributed by atoms with Crippen molar-refractivity contribution in [3.63, 3.8) is 0 Å². The number of dihydropyridines is 1. The van der Waals surface area contributed by atoms with Gasteiger partial charge in [-0.05, 0) is 12.8 Å². The number of aliphatic imine (C=N–C) groups is 1.